The largest absolute Gasteiger partial charge is 0.337 e. The van der Waals surface area contributed by atoms with E-state index >= 15 is 0 Å². The molecule has 0 spiro atoms. The Labute approximate surface area is 141 Å². The van der Waals surface area contributed by atoms with Crippen LogP contribution in [0.25, 0.3) is 5.65 Å². The highest BCUT2D eigenvalue weighted by atomic mass is 16.2. The Bertz CT molecular complexity index is 706. The van der Waals surface area contributed by atoms with Gasteiger partial charge in [-0.25, -0.2) is 0 Å². The molecule has 2 aromatic rings. The van der Waals surface area contributed by atoms with E-state index in [-0.39, 0.29) is 5.91 Å². The summed E-state index contributed by atoms with van der Waals surface area (Å²) >= 11 is 0. The van der Waals surface area contributed by atoms with E-state index in [4.69, 9.17) is 0 Å². The van der Waals surface area contributed by atoms with E-state index in [9.17, 15) is 4.79 Å². The maximum atomic E-state index is 12.9. The van der Waals surface area contributed by atoms with Gasteiger partial charge < -0.3 is 4.90 Å². The lowest BCUT2D eigenvalue weighted by Gasteiger charge is -2.39. The normalized spacial score (nSPS) is 23.3. The van der Waals surface area contributed by atoms with Gasteiger partial charge in [-0.05, 0) is 61.3 Å². The van der Waals surface area contributed by atoms with Gasteiger partial charge in [0.25, 0.3) is 5.91 Å². The van der Waals surface area contributed by atoms with E-state index in [1.807, 2.05) is 11.0 Å². The Morgan fingerprint density at radius 2 is 1.88 bits per heavy atom. The molecule has 2 fully saturated rings. The van der Waals surface area contributed by atoms with E-state index in [1.165, 1.54) is 45.2 Å². The molecule has 0 aliphatic carbocycles. The summed E-state index contributed by atoms with van der Waals surface area (Å²) in [5.74, 6) is 0.0897. The average molecular weight is 328 g/mol. The molecule has 2 saturated heterocycles. The highest BCUT2D eigenvalue weighted by molar-refractivity contribution is 5.94. The van der Waals surface area contributed by atoms with Gasteiger partial charge in [0.05, 0.1) is 5.56 Å². The van der Waals surface area contributed by atoms with Crippen LogP contribution >= 0.6 is 0 Å². The first-order chi connectivity index (χ1) is 11.8. The number of pyridine rings is 1. The highest BCUT2D eigenvalue weighted by Crippen LogP contribution is 2.21. The standard InChI is InChI=1S/C17H24N6O/c24-17(14-7-8-16-18-19-20-23(16)12-14)22-11-5-6-15(13-22)21-9-3-1-2-4-10-21/h7-8,12,15H,1-6,9-11,13H2. The van der Waals surface area contributed by atoms with Crippen molar-refractivity contribution in [3.05, 3.63) is 23.9 Å². The van der Waals surface area contributed by atoms with Crippen LogP contribution in [0.4, 0.5) is 0 Å². The second-order valence-corrected chi connectivity index (χ2v) is 6.90. The molecule has 0 saturated carbocycles. The number of nitrogens with zero attached hydrogens (tertiary/aromatic N) is 6. The number of tetrazole rings is 1. The molecular formula is C17H24N6O. The molecule has 4 rings (SSSR count). The molecule has 2 aliphatic rings. The second-order valence-electron chi connectivity index (χ2n) is 6.90. The molecule has 0 aromatic carbocycles. The van der Waals surface area contributed by atoms with Crippen molar-refractivity contribution in [2.45, 2.75) is 44.6 Å². The van der Waals surface area contributed by atoms with Crippen LogP contribution in [-0.2, 0) is 0 Å². The van der Waals surface area contributed by atoms with Crippen LogP contribution in [0, 0.1) is 0 Å². The second kappa shape index (κ2) is 6.84. The molecular weight excluding hydrogens is 304 g/mol. The Hall–Kier alpha value is -2.02. The Balaban J connectivity index is 1.47. The molecule has 128 valence electrons. The predicted molar refractivity (Wildman–Crippen MR) is 89.7 cm³/mol. The fraction of sp³-hybridized carbons (Fsp3) is 0.647. The third-order valence-corrected chi connectivity index (χ3v) is 5.28. The van der Waals surface area contributed by atoms with Gasteiger partial charge in [0.2, 0.25) is 0 Å². The average Bonchev–Trinajstić information content (AvgIpc) is 2.93. The molecule has 7 heteroatoms. The van der Waals surface area contributed by atoms with Crippen molar-refractivity contribution in [1.82, 2.24) is 29.8 Å². The summed E-state index contributed by atoms with van der Waals surface area (Å²) in [7, 11) is 0. The van der Waals surface area contributed by atoms with E-state index in [1.54, 1.807) is 16.8 Å². The Kier molecular flexibility index (Phi) is 4.42. The molecule has 24 heavy (non-hydrogen) atoms. The zero-order valence-corrected chi connectivity index (χ0v) is 14.0. The van der Waals surface area contributed by atoms with Crippen molar-refractivity contribution in [3.63, 3.8) is 0 Å². The fourth-order valence-corrected chi connectivity index (χ4v) is 3.95. The monoisotopic (exact) mass is 328 g/mol. The quantitative estimate of drug-likeness (QED) is 0.838. The van der Waals surface area contributed by atoms with Crippen molar-refractivity contribution in [3.8, 4) is 0 Å². The molecule has 2 aromatic heterocycles. The van der Waals surface area contributed by atoms with Crippen molar-refractivity contribution in [2.75, 3.05) is 26.2 Å². The summed E-state index contributed by atoms with van der Waals surface area (Å²) in [6.07, 6.45) is 9.29. The Morgan fingerprint density at radius 3 is 2.71 bits per heavy atom. The molecule has 1 amide bonds. The van der Waals surface area contributed by atoms with Crippen LogP contribution in [0.1, 0.15) is 48.9 Å². The molecule has 4 heterocycles. The fourth-order valence-electron chi connectivity index (χ4n) is 3.95. The lowest BCUT2D eigenvalue weighted by atomic mass is 10.0. The Morgan fingerprint density at radius 1 is 1.04 bits per heavy atom. The van der Waals surface area contributed by atoms with Crippen LogP contribution in [0.3, 0.4) is 0 Å². The number of likely N-dealkylation sites (tertiary alicyclic amines) is 2. The summed E-state index contributed by atoms with van der Waals surface area (Å²) in [5.41, 5.74) is 1.32. The minimum absolute atomic E-state index is 0.0897. The number of amides is 1. The summed E-state index contributed by atoms with van der Waals surface area (Å²) < 4.78 is 1.56. The topological polar surface area (TPSA) is 66.6 Å². The predicted octanol–water partition coefficient (Wildman–Crippen LogP) is 1.60. The number of hydrogen-bond acceptors (Lipinski definition) is 5. The van der Waals surface area contributed by atoms with Crippen molar-refractivity contribution in [1.29, 1.82) is 0 Å². The number of carbonyl (C=O) groups is 1. The lowest BCUT2D eigenvalue weighted by Crippen LogP contribution is -2.50. The summed E-state index contributed by atoms with van der Waals surface area (Å²) in [6, 6.07) is 4.13. The smallest absolute Gasteiger partial charge is 0.255 e. The third-order valence-electron chi connectivity index (χ3n) is 5.28. The molecule has 2 aliphatic heterocycles. The number of aromatic nitrogens is 4. The number of fused-ring (bicyclic) bond motifs is 1. The van der Waals surface area contributed by atoms with Gasteiger partial charge in [-0.1, -0.05) is 12.8 Å². The van der Waals surface area contributed by atoms with Crippen LogP contribution < -0.4 is 0 Å². The van der Waals surface area contributed by atoms with Gasteiger partial charge in [0, 0.05) is 25.3 Å². The zero-order chi connectivity index (χ0) is 16.4. The van der Waals surface area contributed by atoms with Gasteiger partial charge in [-0.3, -0.25) is 9.69 Å². The minimum Gasteiger partial charge on any atom is -0.337 e. The molecule has 0 radical (unpaired) electrons. The van der Waals surface area contributed by atoms with Gasteiger partial charge >= 0.3 is 0 Å². The molecule has 0 N–H and O–H groups in total. The van der Waals surface area contributed by atoms with Crippen molar-refractivity contribution in [2.24, 2.45) is 0 Å². The molecule has 1 atom stereocenters. The summed E-state index contributed by atoms with van der Waals surface area (Å²) in [6.45, 7) is 4.05. The number of carbonyl (C=O) groups excluding carboxylic acids is 1. The van der Waals surface area contributed by atoms with Crippen LogP contribution in [0.15, 0.2) is 18.3 Å². The summed E-state index contributed by atoms with van der Waals surface area (Å²) in [4.78, 5) is 17.5. The number of hydrogen-bond donors (Lipinski definition) is 0. The molecule has 1 unspecified atom stereocenters. The highest BCUT2D eigenvalue weighted by Gasteiger charge is 2.28. The number of rotatable bonds is 2. The van der Waals surface area contributed by atoms with Gasteiger partial charge in [0.15, 0.2) is 5.65 Å². The summed E-state index contributed by atoms with van der Waals surface area (Å²) in [5, 5.41) is 11.4. The first kappa shape index (κ1) is 15.5. The van der Waals surface area contributed by atoms with Crippen LogP contribution in [0.2, 0.25) is 0 Å². The zero-order valence-electron chi connectivity index (χ0n) is 14.0. The third kappa shape index (κ3) is 3.13. The van der Waals surface area contributed by atoms with Crippen molar-refractivity contribution < 1.29 is 4.79 Å². The first-order valence-electron chi connectivity index (χ1n) is 9.02. The van der Waals surface area contributed by atoms with E-state index in [0.29, 0.717) is 17.3 Å². The number of piperidine rings is 1. The first-order valence-corrected chi connectivity index (χ1v) is 9.02. The van der Waals surface area contributed by atoms with E-state index in [0.717, 1.165) is 19.5 Å². The van der Waals surface area contributed by atoms with Crippen LogP contribution in [0.5, 0.6) is 0 Å². The maximum Gasteiger partial charge on any atom is 0.255 e. The van der Waals surface area contributed by atoms with Crippen LogP contribution in [-0.4, -0.2) is 68.0 Å². The minimum atomic E-state index is 0.0897. The molecule has 0 bridgehead atoms. The lowest BCUT2D eigenvalue weighted by molar-refractivity contribution is 0.0578. The van der Waals surface area contributed by atoms with Gasteiger partial charge in [-0.2, -0.15) is 4.52 Å². The van der Waals surface area contributed by atoms with E-state index in [2.05, 4.69) is 20.4 Å². The van der Waals surface area contributed by atoms with Gasteiger partial charge in [0.1, 0.15) is 0 Å². The van der Waals surface area contributed by atoms with Gasteiger partial charge in [-0.15, -0.1) is 5.10 Å². The maximum absolute atomic E-state index is 12.9. The van der Waals surface area contributed by atoms with E-state index < -0.39 is 0 Å². The SMILES string of the molecule is O=C(c1ccc2nnnn2c1)N1CCCC(N2CCCCCC2)C1. The molecule has 7 nitrogen and oxygen atoms in total. The van der Waals surface area contributed by atoms with Crippen molar-refractivity contribution >= 4 is 11.6 Å².